The molecule has 0 atom stereocenters. The van der Waals surface area contributed by atoms with Crippen LogP contribution in [-0.4, -0.2) is 47.6 Å². The lowest BCUT2D eigenvalue weighted by Crippen LogP contribution is -2.37. The zero-order chi connectivity index (χ0) is 19.4. The number of hydrogen-bond acceptors (Lipinski definition) is 8. The van der Waals surface area contributed by atoms with Gasteiger partial charge in [-0.1, -0.05) is 6.07 Å². The van der Waals surface area contributed by atoms with E-state index in [2.05, 4.69) is 15.2 Å². The standard InChI is InChI=1S/C17H23N7O3/c1-22-16(26)14-15(20-17(22)27)21-19-11-24(14)13-5-2-4-12(10-13)23(8-9-25)7-3-6-18/h2,4-5,10,25H,3,6-9,11,18H2,1H3,(H,20,27). The molecule has 2 heterocycles. The Morgan fingerprint density at radius 1 is 1.33 bits per heavy atom. The summed E-state index contributed by atoms with van der Waals surface area (Å²) >= 11 is 0. The molecule has 10 heteroatoms. The van der Waals surface area contributed by atoms with Crippen molar-refractivity contribution in [2.75, 3.05) is 42.7 Å². The number of hydrogen-bond donors (Lipinski definition) is 3. The minimum atomic E-state index is -0.538. The van der Waals surface area contributed by atoms with E-state index in [9.17, 15) is 14.7 Å². The lowest BCUT2D eigenvalue weighted by Gasteiger charge is -2.28. The van der Waals surface area contributed by atoms with Gasteiger partial charge in [0.25, 0.3) is 5.56 Å². The van der Waals surface area contributed by atoms with Crippen LogP contribution in [0.15, 0.2) is 44.1 Å². The minimum absolute atomic E-state index is 0.0251. The van der Waals surface area contributed by atoms with Crippen LogP contribution in [0.5, 0.6) is 0 Å². The fourth-order valence-electron chi connectivity index (χ4n) is 2.99. The van der Waals surface area contributed by atoms with Gasteiger partial charge in [0, 0.05) is 31.5 Å². The molecule has 0 aliphatic carbocycles. The van der Waals surface area contributed by atoms with E-state index in [-0.39, 0.29) is 24.8 Å². The summed E-state index contributed by atoms with van der Waals surface area (Å²) in [6, 6.07) is 7.59. The minimum Gasteiger partial charge on any atom is -0.395 e. The van der Waals surface area contributed by atoms with Gasteiger partial charge in [0.1, 0.15) is 6.67 Å². The van der Waals surface area contributed by atoms with Gasteiger partial charge in [-0.25, -0.2) is 4.79 Å². The Hall–Kier alpha value is -2.98. The monoisotopic (exact) mass is 373 g/mol. The lowest BCUT2D eigenvalue weighted by molar-refractivity contribution is 0.301. The topological polar surface area (TPSA) is 132 Å². The van der Waals surface area contributed by atoms with Crippen LogP contribution in [0.25, 0.3) is 0 Å². The molecule has 0 bridgehead atoms. The zero-order valence-electron chi connectivity index (χ0n) is 15.1. The molecule has 0 radical (unpaired) electrons. The molecule has 0 spiro atoms. The third kappa shape index (κ3) is 3.76. The SMILES string of the molecule is Cn1c(=O)[nH]c2c(c1=O)N(c1cccc(N(CCO)CCCN)c1)CN=N2. The predicted octanol–water partition coefficient (Wildman–Crippen LogP) is 0.414. The van der Waals surface area contributed by atoms with Crippen molar-refractivity contribution in [3.05, 3.63) is 45.1 Å². The Bertz CT molecular complexity index is 950. The van der Waals surface area contributed by atoms with Crippen molar-refractivity contribution in [2.24, 2.45) is 23.0 Å². The van der Waals surface area contributed by atoms with Crippen LogP contribution in [-0.2, 0) is 7.05 Å². The Labute approximate surface area is 155 Å². The molecule has 144 valence electrons. The first-order valence-electron chi connectivity index (χ1n) is 8.71. The molecule has 4 N–H and O–H groups in total. The average Bonchev–Trinajstić information content (AvgIpc) is 2.69. The lowest BCUT2D eigenvalue weighted by atomic mass is 10.2. The van der Waals surface area contributed by atoms with Crippen LogP contribution < -0.4 is 26.8 Å². The molecule has 1 aliphatic heterocycles. The summed E-state index contributed by atoms with van der Waals surface area (Å²) in [5.74, 6) is 0.148. The highest BCUT2D eigenvalue weighted by atomic mass is 16.3. The van der Waals surface area contributed by atoms with Gasteiger partial charge in [0.2, 0.25) is 0 Å². The van der Waals surface area contributed by atoms with E-state index in [0.29, 0.717) is 19.6 Å². The van der Waals surface area contributed by atoms with Crippen molar-refractivity contribution in [2.45, 2.75) is 6.42 Å². The van der Waals surface area contributed by atoms with Gasteiger partial charge in [-0.15, -0.1) is 5.11 Å². The largest absolute Gasteiger partial charge is 0.395 e. The number of aromatic nitrogens is 2. The first-order chi connectivity index (χ1) is 13.1. The summed E-state index contributed by atoms with van der Waals surface area (Å²) in [5, 5.41) is 17.3. The first kappa shape index (κ1) is 18.8. The molecule has 2 aromatic rings. The molecule has 1 aromatic heterocycles. The summed E-state index contributed by atoms with van der Waals surface area (Å²) in [7, 11) is 1.41. The Balaban J connectivity index is 2.02. The van der Waals surface area contributed by atoms with Gasteiger partial charge in [-0.3, -0.25) is 14.3 Å². The predicted molar refractivity (Wildman–Crippen MR) is 103 cm³/mol. The van der Waals surface area contributed by atoms with Crippen molar-refractivity contribution >= 4 is 22.9 Å². The fourth-order valence-corrected chi connectivity index (χ4v) is 2.99. The van der Waals surface area contributed by atoms with Gasteiger partial charge < -0.3 is 20.6 Å². The maximum Gasteiger partial charge on any atom is 0.329 e. The average molecular weight is 373 g/mol. The number of aromatic amines is 1. The summed E-state index contributed by atoms with van der Waals surface area (Å²) in [6.07, 6.45) is 0.798. The van der Waals surface area contributed by atoms with Crippen molar-refractivity contribution in [3.8, 4) is 0 Å². The highest BCUT2D eigenvalue weighted by molar-refractivity contribution is 5.73. The van der Waals surface area contributed by atoms with Gasteiger partial charge in [-0.2, -0.15) is 5.11 Å². The van der Waals surface area contributed by atoms with Crippen molar-refractivity contribution in [3.63, 3.8) is 0 Å². The quantitative estimate of drug-likeness (QED) is 0.644. The number of H-pyrrole nitrogens is 1. The maximum atomic E-state index is 12.6. The van der Waals surface area contributed by atoms with E-state index in [4.69, 9.17) is 5.73 Å². The summed E-state index contributed by atoms with van der Waals surface area (Å²) < 4.78 is 1.01. The Morgan fingerprint density at radius 3 is 2.89 bits per heavy atom. The van der Waals surface area contributed by atoms with E-state index in [0.717, 1.165) is 22.4 Å². The highest BCUT2D eigenvalue weighted by Crippen LogP contribution is 2.33. The molecule has 27 heavy (non-hydrogen) atoms. The van der Waals surface area contributed by atoms with Crippen LogP contribution >= 0.6 is 0 Å². The first-order valence-corrected chi connectivity index (χ1v) is 8.71. The van der Waals surface area contributed by atoms with E-state index < -0.39 is 11.2 Å². The molecule has 3 rings (SSSR count). The van der Waals surface area contributed by atoms with Gasteiger partial charge in [0.05, 0.1) is 6.61 Å². The maximum absolute atomic E-state index is 12.6. The molecule has 1 aliphatic rings. The molecular formula is C17H23N7O3. The Kier molecular flexibility index (Phi) is 5.67. The number of azo groups is 1. The second-order valence-corrected chi connectivity index (χ2v) is 6.18. The van der Waals surface area contributed by atoms with Gasteiger partial charge in [0.15, 0.2) is 11.5 Å². The number of aliphatic hydroxyl groups excluding tert-OH is 1. The van der Waals surface area contributed by atoms with Crippen molar-refractivity contribution in [1.29, 1.82) is 0 Å². The number of benzene rings is 1. The van der Waals surface area contributed by atoms with E-state index in [1.807, 2.05) is 29.2 Å². The molecule has 1 aromatic carbocycles. The third-order valence-electron chi connectivity index (χ3n) is 4.42. The van der Waals surface area contributed by atoms with Crippen LogP contribution in [0.1, 0.15) is 6.42 Å². The number of nitrogens with zero attached hydrogens (tertiary/aromatic N) is 5. The smallest absolute Gasteiger partial charge is 0.329 e. The number of nitrogens with one attached hydrogen (secondary N) is 1. The zero-order valence-corrected chi connectivity index (χ0v) is 15.1. The van der Waals surface area contributed by atoms with Crippen LogP contribution in [0, 0.1) is 0 Å². The van der Waals surface area contributed by atoms with Crippen LogP contribution in [0.2, 0.25) is 0 Å². The second kappa shape index (κ2) is 8.14. The molecular weight excluding hydrogens is 350 g/mol. The highest BCUT2D eigenvalue weighted by Gasteiger charge is 2.24. The van der Waals surface area contributed by atoms with Crippen LogP contribution in [0.3, 0.4) is 0 Å². The molecule has 0 saturated heterocycles. The molecule has 10 nitrogen and oxygen atoms in total. The summed E-state index contributed by atoms with van der Waals surface area (Å²) in [6.45, 7) is 1.95. The van der Waals surface area contributed by atoms with Crippen molar-refractivity contribution < 1.29 is 5.11 Å². The fraction of sp³-hybridized carbons (Fsp3) is 0.412. The summed E-state index contributed by atoms with van der Waals surface area (Å²) in [5.41, 5.74) is 6.56. The molecule has 0 saturated carbocycles. The number of nitrogens with two attached hydrogens (primary N) is 1. The molecule has 0 fully saturated rings. The van der Waals surface area contributed by atoms with E-state index in [1.54, 1.807) is 4.90 Å². The number of anilines is 3. The van der Waals surface area contributed by atoms with E-state index >= 15 is 0 Å². The summed E-state index contributed by atoms with van der Waals surface area (Å²) in [4.78, 5) is 30.8. The Morgan fingerprint density at radius 2 is 2.15 bits per heavy atom. The normalized spacial score (nSPS) is 12.9. The number of rotatable bonds is 7. The van der Waals surface area contributed by atoms with Gasteiger partial charge in [-0.05, 0) is 31.2 Å². The number of aliphatic hydroxyl groups is 1. The van der Waals surface area contributed by atoms with E-state index in [1.165, 1.54) is 7.05 Å². The molecule has 0 unspecified atom stereocenters. The van der Waals surface area contributed by atoms with Gasteiger partial charge >= 0.3 is 5.69 Å². The third-order valence-corrected chi connectivity index (χ3v) is 4.42. The molecule has 0 amide bonds. The second-order valence-electron chi connectivity index (χ2n) is 6.18. The van der Waals surface area contributed by atoms with Crippen molar-refractivity contribution in [1.82, 2.24) is 9.55 Å². The number of fused-ring (bicyclic) bond motifs is 1. The van der Waals surface area contributed by atoms with Crippen LogP contribution in [0.4, 0.5) is 22.9 Å².